The second-order valence-corrected chi connectivity index (χ2v) is 6.37. The third kappa shape index (κ3) is 2.38. The lowest BCUT2D eigenvalue weighted by atomic mass is 10.2. The average Bonchev–Trinajstić information content (AvgIpc) is 2.66. The normalized spacial score (nSPS) is 12.2. The van der Waals surface area contributed by atoms with Gasteiger partial charge >= 0.3 is 0 Å². The van der Waals surface area contributed by atoms with Crippen LogP contribution in [0, 0.1) is 5.82 Å². The monoisotopic (exact) mass is 288 g/mol. The Morgan fingerprint density at radius 2 is 2.17 bits per heavy atom. The summed E-state index contributed by atoms with van der Waals surface area (Å²) in [5.41, 5.74) is 0.549. The number of aryl methyl sites for hydroxylation is 1. The topological polar surface area (TPSA) is 65.1 Å². The van der Waals surface area contributed by atoms with E-state index in [0.29, 0.717) is 12.1 Å². The third-order valence-electron chi connectivity index (χ3n) is 2.66. The fourth-order valence-corrected chi connectivity index (χ4v) is 3.00. The number of rotatable bonds is 4. The van der Waals surface area contributed by atoms with Crippen LogP contribution in [0.4, 0.5) is 4.39 Å². The Morgan fingerprint density at radius 3 is 2.78 bits per heavy atom. The number of hydrogen-bond donors (Lipinski definition) is 1. The standard InChI is InChI=1S/C11H13FN2O2S2/c1-17-6-5-14-7-10(18(13,15)16)11-8(12)3-2-4-9(11)14/h2-4,7H,5-6H2,1H3,(H2,13,15,16). The summed E-state index contributed by atoms with van der Waals surface area (Å²) in [7, 11) is -3.92. The van der Waals surface area contributed by atoms with Crippen LogP contribution in [-0.4, -0.2) is 25.0 Å². The van der Waals surface area contributed by atoms with Crippen molar-refractivity contribution in [1.29, 1.82) is 0 Å². The van der Waals surface area contributed by atoms with E-state index in [1.54, 1.807) is 28.5 Å². The Balaban J connectivity index is 2.72. The SMILES string of the molecule is CSCCn1cc(S(N)(=O)=O)c2c(F)cccc21. The highest BCUT2D eigenvalue weighted by atomic mass is 32.2. The highest BCUT2D eigenvalue weighted by Crippen LogP contribution is 2.27. The first-order valence-electron chi connectivity index (χ1n) is 5.24. The van der Waals surface area contributed by atoms with Crippen molar-refractivity contribution in [1.82, 2.24) is 4.57 Å². The van der Waals surface area contributed by atoms with Gasteiger partial charge in [-0.2, -0.15) is 11.8 Å². The molecule has 0 amide bonds. The molecule has 1 heterocycles. The minimum absolute atomic E-state index is 0.0705. The molecule has 0 fully saturated rings. The predicted octanol–water partition coefficient (Wildman–Crippen LogP) is 1.79. The number of hydrogen-bond acceptors (Lipinski definition) is 3. The number of benzene rings is 1. The average molecular weight is 288 g/mol. The lowest BCUT2D eigenvalue weighted by molar-refractivity contribution is 0.596. The van der Waals surface area contributed by atoms with Gasteiger partial charge in [-0.25, -0.2) is 17.9 Å². The van der Waals surface area contributed by atoms with Crippen LogP contribution in [-0.2, 0) is 16.6 Å². The van der Waals surface area contributed by atoms with Gasteiger partial charge in [-0.15, -0.1) is 0 Å². The Hall–Kier alpha value is -1.05. The molecule has 0 saturated carbocycles. The molecule has 0 saturated heterocycles. The fraction of sp³-hybridized carbons (Fsp3) is 0.273. The summed E-state index contributed by atoms with van der Waals surface area (Å²) in [5.74, 6) is 0.240. The van der Waals surface area contributed by atoms with Crippen LogP contribution in [0.1, 0.15) is 0 Å². The zero-order valence-corrected chi connectivity index (χ0v) is 11.4. The van der Waals surface area contributed by atoms with Gasteiger partial charge in [0, 0.05) is 18.5 Å². The molecule has 98 valence electrons. The molecular formula is C11H13FN2O2S2. The lowest BCUT2D eigenvalue weighted by Crippen LogP contribution is -2.12. The van der Waals surface area contributed by atoms with Crippen LogP contribution in [0.3, 0.4) is 0 Å². The van der Waals surface area contributed by atoms with E-state index >= 15 is 0 Å². The number of halogens is 1. The summed E-state index contributed by atoms with van der Waals surface area (Å²) >= 11 is 1.63. The van der Waals surface area contributed by atoms with E-state index < -0.39 is 15.8 Å². The number of sulfonamides is 1. The Morgan fingerprint density at radius 1 is 1.44 bits per heavy atom. The summed E-state index contributed by atoms with van der Waals surface area (Å²) in [6.45, 7) is 0.608. The molecule has 0 aliphatic carbocycles. The van der Waals surface area contributed by atoms with Crippen molar-refractivity contribution in [2.75, 3.05) is 12.0 Å². The van der Waals surface area contributed by atoms with Crippen LogP contribution in [0.15, 0.2) is 29.3 Å². The molecule has 2 N–H and O–H groups in total. The number of thioether (sulfide) groups is 1. The third-order valence-corrected chi connectivity index (χ3v) is 4.18. The van der Waals surface area contributed by atoms with Gasteiger partial charge in [-0.1, -0.05) is 6.07 Å². The minimum Gasteiger partial charge on any atom is -0.345 e. The first kappa shape index (κ1) is 13.4. The van der Waals surface area contributed by atoms with Gasteiger partial charge in [-0.05, 0) is 18.4 Å². The zero-order chi connectivity index (χ0) is 13.3. The van der Waals surface area contributed by atoms with Crippen LogP contribution >= 0.6 is 11.8 Å². The Bertz CT molecular complexity index is 680. The largest absolute Gasteiger partial charge is 0.345 e. The maximum atomic E-state index is 13.8. The van der Waals surface area contributed by atoms with E-state index in [1.807, 2.05) is 6.26 Å². The predicted molar refractivity (Wildman–Crippen MR) is 71.7 cm³/mol. The summed E-state index contributed by atoms with van der Waals surface area (Å²) in [6.07, 6.45) is 3.35. The molecule has 0 spiro atoms. The molecule has 0 atom stereocenters. The van der Waals surface area contributed by atoms with Gasteiger partial charge in [0.05, 0.1) is 10.9 Å². The van der Waals surface area contributed by atoms with Crippen molar-refractivity contribution in [3.05, 3.63) is 30.2 Å². The highest BCUT2D eigenvalue weighted by Gasteiger charge is 2.19. The second-order valence-electron chi connectivity index (χ2n) is 3.86. The molecule has 1 aromatic heterocycles. The van der Waals surface area contributed by atoms with Crippen LogP contribution < -0.4 is 5.14 Å². The van der Waals surface area contributed by atoms with E-state index in [1.165, 1.54) is 12.3 Å². The molecule has 1 aromatic carbocycles. The molecule has 0 radical (unpaired) electrons. The number of nitrogens with two attached hydrogens (primary N) is 1. The Kier molecular flexibility index (Phi) is 3.65. The number of fused-ring (bicyclic) bond motifs is 1. The van der Waals surface area contributed by atoms with E-state index in [-0.39, 0.29) is 10.3 Å². The van der Waals surface area contributed by atoms with E-state index in [2.05, 4.69) is 0 Å². The molecule has 7 heteroatoms. The maximum Gasteiger partial charge on any atom is 0.240 e. The van der Waals surface area contributed by atoms with Crippen molar-refractivity contribution in [3.8, 4) is 0 Å². The molecule has 0 unspecified atom stereocenters. The number of aromatic nitrogens is 1. The molecule has 0 aliphatic rings. The highest BCUT2D eigenvalue weighted by molar-refractivity contribution is 7.98. The van der Waals surface area contributed by atoms with Crippen molar-refractivity contribution in [2.24, 2.45) is 5.14 Å². The van der Waals surface area contributed by atoms with Crippen molar-refractivity contribution in [3.63, 3.8) is 0 Å². The van der Waals surface area contributed by atoms with Gasteiger partial charge in [0.25, 0.3) is 0 Å². The minimum atomic E-state index is -3.92. The molecule has 4 nitrogen and oxygen atoms in total. The van der Waals surface area contributed by atoms with Gasteiger partial charge in [0.1, 0.15) is 10.7 Å². The van der Waals surface area contributed by atoms with Crippen molar-refractivity contribution < 1.29 is 12.8 Å². The van der Waals surface area contributed by atoms with E-state index in [4.69, 9.17) is 5.14 Å². The van der Waals surface area contributed by atoms with Gasteiger partial charge in [-0.3, -0.25) is 0 Å². The summed E-state index contributed by atoms with van der Waals surface area (Å²) in [6, 6.07) is 4.48. The maximum absolute atomic E-state index is 13.8. The quantitative estimate of drug-likeness (QED) is 0.933. The second kappa shape index (κ2) is 4.91. The molecular weight excluding hydrogens is 275 g/mol. The van der Waals surface area contributed by atoms with E-state index in [9.17, 15) is 12.8 Å². The van der Waals surface area contributed by atoms with Crippen LogP contribution in [0.25, 0.3) is 10.9 Å². The first-order valence-corrected chi connectivity index (χ1v) is 8.18. The van der Waals surface area contributed by atoms with Gasteiger partial charge in [0.15, 0.2) is 0 Å². The van der Waals surface area contributed by atoms with Gasteiger partial charge in [0.2, 0.25) is 10.0 Å². The molecule has 0 aliphatic heterocycles. The molecule has 18 heavy (non-hydrogen) atoms. The van der Waals surface area contributed by atoms with Crippen LogP contribution in [0.2, 0.25) is 0 Å². The van der Waals surface area contributed by atoms with Crippen LogP contribution in [0.5, 0.6) is 0 Å². The number of nitrogens with zero attached hydrogens (tertiary/aromatic N) is 1. The lowest BCUT2D eigenvalue weighted by Gasteiger charge is -2.02. The summed E-state index contributed by atoms with van der Waals surface area (Å²) in [5, 5.41) is 5.19. The van der Waals surface area contributed by atoms with Gasteiger partial charge < -0.3 is 4.57 Å². The molecule has 0 bridgehead atoms. The molecule has 2 aromatic rings. The zero-order valence-electron chi connectivity index (χ0n) is 9.76. The van der Waals surface area contributed by atoms with Crippen molar-refractivity contribution >= 4 is 32.7 Å². The first-order chi connectivity index (χ1) is 8.45. The number of primary sulfonamides is 1. The van der Waals surface area contributed by atoms with Crippen molar-refractivity contribution in [2.45, 2.75) is 11.4 Å². The molecule has 2 rings (SSSR count). The smallest absolute Gasteiger partial charge is 0.240 e. The summed E-state index contributed by atoms with van der Waals surface area (Å²) in [4.78, 5) is -0.156. The Labute approximate surface area is 109 Å². The summed E-state index contributed by atoms with van der Waals surface area (Å²) < 4.78 is 38.4. The van der Waals surface area contributed by atoms with E-state index in [0.717, 1.165) is 5.75 Å². The fourth-order valence-electron chi connectivity index (χ4n) is 1.86.